The molecule has 0 atom stereocenters. The molecule has 0 saturated heterocycles. The van der Waals surface area contributed by atoms with E-state index in [1.807, 2.05) is 67.6 Å². The van der Waals surface area contributed by atoms with Crippen molar-refractivity contribution in [2.45, 2.75) is 12.5 Å². The molecule has 0 saturated carbocycles. The van der Waals surface area contributed by atoms with E-state index in [2.05, 4.69) is 23.3 Å². The van der Waals surface area contributed by atoms with Crippen LogP contribution in [0, 0.1) is 0 Å². The van der Waals surface area contributed by atoms with Crippen LogP contribution >= 0.6 is 24.4 Å². The summed E-state index contributed by atoms with van der Waals surface area (Å²) in [4.78, 5) is 0. The van der Waals surface area contributed by atoms with Crippen molar-refractivity contribution < 1.29 is 10.2 Å². The van der Waals surface area contributed by atoms with Gasteiger partial charge in [-0.2, -0.15) is 0 Å². The second-order valence-electron chi connectivity index (χ2n) is 4.63. The molecule has 118 valence electrons. The van der Waals surface area contributed by atoms with Gasteiger partial charge in [0.05, 0.1) is 5.54 Å². The number of hydrogen-bond donors (Lipinski definition) is 4. The molecule has 2 rings (SSSR count). The van der Waals surface area contributed by atoms with Gasteiger partial charge < -0.3 is 21.3 Å². The molecule has 2 aromatic carbocycles. The van der Waals surface area contributed by atoms with E-state index in [1.165, 1.54) is 0 Å². The van der Waals surface area contributed by atoms with Crippen LogP contribution in [0.3, 0.4) is 0 Å². The fraction of sp³-hybridized carbons (Fsp3) is 0.125. The Kier molecular flexibility index (Phi) is 10.0. The molecule has 0 aliphatic rings. The molecular weight excluding hydrogens is 339 g/mol. The van der Waals surface area contributed by atoms with Crippen LogP contribution in [-0.4, -0.2) is 50.1 Å². The molecule has 0 aliphatic carbocycles. The molecule has 4 nitrogen and oxygen atoms in total. The predicted molar refractivity (Wildman–Crippen MR) is 104 cm³/mol. The van der Waals surface area contributed by atoms with Crippen molar-refractivity contribution in [1.82, 2.24) is 5.32 Å². The number of nitrogens with two attached hydrogens (primary N) is 1. The second kappa shape index (κ2) is 10.6. The van der Waals surface area contributed by atoms with Crippen LogP contribution in [0.4, 0.5) is 0 Å². The standard InChI is InChI=1S/C15H15NOS.CH3NOS.Na.H/c1-15(16-14(17)18,12-8-4-2-5-9-12)13-10-6-3-7-11-13;2-1(3)4;;/h2-11H,1H3,(H2,16,17,18);(H3,2,3,4);;. The Balaban J connectivity index is 0.000000871. The summed E-state index contributed by atoms with van der Waals surface area (Å²) in [6, 6.07) is 19.9. The third-order valence-electron chi connectivity index (χ3n) is 3.06. The van der Waals surface area contributed by atoms with Gasteiger partial charge in [0.15, 0.2) is 0 Å². The zero-order chi connectivity index (χ0) is 16.6. The molecule has 5 N–H and O–H groups in total. The molecule has 0 radical (unpaired) electrons. The molecule has 7 heteroatoms. The molecule has 23 heavy (non-hydrogen) atoms. The third kappa shape index (κ3) is 7.28. The van der Waals surface area contributed by atoms with Gasteiger partial charge in [-0.3, -0.25) is 0 Å². The van der Waals surface area contributed by atoms with Crippen LogP contribution in [0.1, 0.15) is 18.1 Å². The van der Waals surface area contributed by atoms with E-state index in [0.717, 1.165) is 11.1 Å². The number of aliphatic hydroxyl groups is 2. The van der Waals surface area contributed by atoms with Crippen LogP contribution in [0.25, 0.3) is 0 Å². The van der Waals surface area contributed by atoms with Gasteiger partial charge in [0.25, 0.3) is 10.3 Å². The Hall–Kier alpha value is -1.18. The van der Waals surface area contributed by atoms with E-state index in [0.29, 0.717) is 0 Å². The molecule has 0 unspecified atom stereocenters. The zero-order valence-electron chi connectivity index (χ0n) is 12.1. The summed E-state index contributed by atoms with van der Waals surface area (Å²) in [6.45, 7) is 2.00. The number of rotatable bonds is 3. The first kappa shape index (κ1) is 21.8. The molecule has 0 aromatic heterocycles. The number of nitrogens with one attached hydrogen (secondary N) is 1. The van der Waals surface area contributed by atoms with Gasteiger partial charge >= 0.3 is 29.6 Å². The third-order valence-corrected chi connectivity index (χ3v) is 3.16. The van der Waals surface area contributed by atoms with Gasteiger partial charge in [-0.05, 0) is 42.5 Å². The van der Waals surface area contributed by atoms with E-state index in [-0.39, 0.29) is 34.7 Å². The summed E-state index contributed by atoms with van der Waals surface area (Å²) >= 11 is 8.66. The Morgan fingerprint density at radius 2 is 1.22 bits per heavy atom. The van der Waals surface area contributed by atoms with E-state index in [1.54, 1.807) is 0 Å². The van der Waals surface area contributed by atoms with Gasteiger partial charge in [-0.25, -0.2) is 0 Å². The Bertz CT molecular complexity index is 581. The monoisotopic (exact) mass is 358 g/mol. The first-order valence-electron chi connectivity index (χ1n) is 6.47. The minimum absolute atomic E-state index is 0. The number of benzene rings is 2. The van der Waals surface area contributed by atoms with Gasteiger partial charge in [-0.1, -0.05) is 60.7 Å². The number of thiocarbonyl (C=S) groups is 2. The minimum atomic E-state index is -0.533. The van der Waals surface area contributed by atoms with Crippen molar-refractivity contribution in [2.75, 3.05) is 0 Å². The Morgan fingerprint density at radius 1 is 0.913 bits per heavy atom. The fourth-order valence-corrected chi connectivity index (χ4v) is 2.27. The van der Waals surface area contributed by atoms with Crippen molar-refractivity contribution in [3.8, 4) is 0 Å². The van der Waals surface area contributed by atoms with E-state index < -0.39 is 10.7 Å². The van der Waals surface area contributed by atoms with Crippen molar-refractivity contribution in [2.24, 2.45) is 5.73 Å². The first-order valence-corrected chi connectivity index (χ1v) is 7.28. The average molecular weight is 358 g/mol. The van der Waals surface area contributed by atoms with Crippen molar-refractivity contribution in [1.29, 1.82) is 0 Å². The topological polar surface area (TPSA) is 78.5 Å². The van der Waals surface area contributed by atoms with Gasteiger partial charge in [0.1, 0.15) is 0 Å². The van der Waals surface area contributed by atoms with Crippen molar-refractivity contribution >= 4 is 64.3 Å². The van der Waals surface area contributed by atoms with Crippen LogP contribution < -0.4 is 11.1 Å². The SMILES string of the molecule is CC(NC(O)=S)(c1ccccc1)c1ccccc1.NC(O)=S.[NaH]. The van der Waals surface area contributed by atoms with Gasteiger partial charge in [0, 0.05) is 0 Å². The van der Waals surface area contributed by atoms with E-state index >= 15 is 0 Å². The predicted octanol–water partition coefficient (Wildman–Crippen LogP) is 2.52. The second-order valence-corrected chi connectivity index (χ2v) is 5.43. The average Bonchev–Trinajstić information content (AvgIpc) is 2.48. The summed E-state index contributed by atoms with van der Waals surface area (Å²) in [5.41, 5.74) is 5.96. The van der Waals surface area contributed by atoms with Crippen LogP contribution in [-0.2, 0) is 5.54 Å². The maximum atomic E-state index is 9.43. The van der Waals surface area contributed by atoms with Gasteiger partial charge in [-0.15, -0.1) is 0 Å². The van der Waals surface area contributed by atoms with Crippen LogP contribution in [0.5, 0.6) is 0 Å². The van der Waals surface area contributed by atoms with Crippen LogP contribution in [0.15, 0.2) is 60.7 Å². The van der Waals surface area contributed by atoms with E-state index in [4.69, 9.17) is 17.3 Å². The first-order chi connectivity index (χ1) is 10.4. The molecule has 2 aromatic rings. The van der Waals surface area contributed by atoms with Crippen molar-refractivity contribution in [3.63, 3.8) is 0 Å². The van der Waals surface area contributed by atoms with Crippen molar-refractivity contribution in [3.05, 3.63) is 71.8 Å². The Morgan fingerprint density at radius 3 is 1.48 bits per heavy atom. The number of hydrogen-bond acceptors (Lipinski definition) is 2. The quantitative estimate of drug-likeness (QED) is 0.499. The summed E-state index contributed by atoms with van der Waals surface area (Å²) in [6.07, 6.45) is 0. The normalized spacial score (nSPS) is 9.61. The maximum absolute atomic E-state index is 9.43. The summed E-state index contributed by atoms with van der Waals surface area (Å²) in [7, 11) is 0. The molecule has 0 amide bonds. The molecule has 0 fully saturated rings. The molecule has 0 bridgehead atoms. The summed E-state index contributed by atoms with van der Waals surface area (Å²) in [5, 5.41) is 19.3. The molecular formula is C16H19N2NaO2S2. The zero-order valence-corrected chi connectivity index (χ0v) is 13.7. The summed E-state index contributed by atoms with van der Waals surface area (Å²) in [5.74, 6) is 0. The fourth-order valence-electron chi connectivity index (χ4n) is 2.07. The summed E-state index contributed by atoms with van der Waals surface area (Å²) < 4.78 is 0. The van der Waals surface area contributed by atoms with Crippen LogP contribution in [0.2, 0.25) is 0 Å². The Labute approximate surface area is 169 Å². The van der Waals surface area contributed by atoms with Gasteiger partial charge in [0.2, 0.25) is 0 Å². The molecule has 0 heterocycles. The molecule has 0 aliphatic heterocycles. The number of aliphatic hydroxyl groups excluding tert-OH is 2. The molecule has 0 spiro atoms. The van der Waals surface area contributed by atoms with E-state index in [9.17, 15) is 5.11 Å².